The summed E-state index contributed by atoms with van der Waals surface area (Å²) in [6, 6.07) is 10.4. The lowest BCUT2D eigenvalue weighted by Gasteiger charge is -2.09. The number of fused-ring (bicyclic) bond motifs is 1. The van der Waals surface area contributed by atoms with Gasteiger partial charge in [-0.05, 0) is 56.0 Å². The second-order valence-electron chi connectivity index (χ2n) is 6.01. The fourth-order valence-corrected chi connectivity index (χ4v) is 3.01. The van der Waals surface area contributed by atoms with Gasteiger partial charge in [-0.2, -0.15) is 0 Å². The van der Waals surface area contributed by atoms with Gasteiger partial charge in [0.05, 0.1) is 0 Å². The van der Waals surface area contributed by atoms with Crippen LogP contribution in [-0.2, 0) is 12.8 Å². The third-order valence-electron chi connectivity index (χ3n) is 4.07. The van der Waals surface area contributed by atoms with Crippen LogP contribution in [0.15, 0.2) is 30.3 Å². The molecule has 2 aromatic heterocycles. The Balaban J connectivity index is 2.19. The van der Waals surface area contributed by atoms with Gasteiger partial charge < -0.3 is 5.11 Å². The van der Waals surface area contributed by atoms with Gasteiger partial charge in [-0.3, -0.25) is 4.57 Å². The molecule has 0 aliphatic rings. The molecule has 4 heteroatoms. The van der Waals surface area contributed by atoms with E-state index in [4.69, 9.17) is 15.1 Å². The first-order chi connectivity index (χ1) is 11.1. The van der Waals surface area contributed by atoms with E-state index in [0.29, 0.717) is 6.42 Å². The van der Waals surface area contributed by atoms with Crippen LogP contribution >= 0.6 is 0 Å². The molecule has 0 saturated heterocycles. The lowest BCUT2D eigenvalue weighted by atomic mass is 10.1. The molecule has 0 bridgehead atoms. The van der Waals surface area contributed by atoms with Crippen LogP contribution in [0.25, 0.3) is 16.9 Å². The van der Waals surface area contributed by atoms with Crippen molar-refractivity contribution in [3.8, 4) is 5.69 Å². The van der Waals surface area contributed by atoms with Crippen LogP contribution < -0.4 is 0 Å². The molecule has 2 heterocycles. The van der Waals surface area contributed by atoms with Gasteiger partial charge in [0.2, 0.25) is 0 Å². The van der Waals surface area contributed by atoms with Crippen molar-refractivity contribution in [2.45, 2.75) is 40.0 Å². The number of aliphatic hydroxyl groups is 1. The summed E-state index contributed by atoms with van der Waals surface area (Å²) in [5.41, 5.74) is 6.31. The second kappa shape index (κ2) is 6.50. The number of rotatable bonds is 5. The molecule has 0 radical (unpaired) electrons. The summed E-state index contributed by atoms with van der Waals surface area (Å²) >= 11 is 0. The highest BCUT2D eigenvalue weighted by molar-refractivity contribution is 5.78. The molecule has 0 unspecified atom stereocenters. The summed E-state index contributed by atoms with van der Waals surface area (Å²) < 4.78 is 2.17. The number of imidazole rings is 1. The van der Waals surface area contributed by atoms with Crippen LogP contribution in [0.3, 0.4) is 0 Å². The molecular weight excluding hydrogens is 286 g/mol. The summed E-state index contributed by atoms with van der Waals surface area (Å²) in [7, 11) is 0. The highest BCUT2D eigenvalue weighted by Crippen LogP contribution is 2.24. The Morgan fingerprint density at radius 3 is 2.43 bits per heavy atom. The van der Waals surface area contributed by atoms with Crippen molar-refractivity contribution < 1.29 is 5.11 Å². The van der Waals surface area contributed by atoms with Crippen molar-refractivity contribution in [1.29, 1.82) is 0 Å². The molecule has 1 N–H and O–H groups in total. The molecule has 4 nitrogen and oxygen atoms in total. The third-order valence-corrected chi connectivity index (χ3v) is 4.07. The highest BCUT2D eigenvalue weighted by Gasteiger charge is 2.15. The number of aromatic nitrogens is 3. The van der Waals surface area contributed by atoms with E-state index in [1.807, 2.05) is 6.92 Å². The van der Waals surface area contributed by atoms with Gasteiger partial charge in [-0.25, -0.2) is 9.97 Å². The van der Waals surface area contributed by atoms with Crippen molar-refractivity contribution in [2.75, 3.05) is 6.61 Å². The molecule has 0 fully saturated rings. The van der Waals surface area contributed by atoms with E-state index in [2.05, 4.69) is 48.7 Å². The number of benzene rings is 1. The zero-order chi connectivity index (χ0) is 16.4. The minimum Gasteiger partial charge on any atom is -0.396 e. The van der Waals surface area contributed by atoms with Gasteiger partial charge in [0.25, 0.3) is 0 Å². The summed E-state index contributed by atoms with van der Waals surface area (Å²) in [5, 5.41) is 9.06. The maximum atomic E-state index is 9.06. The topological polar surface area (TPSA) is 50.9 Å². The Morgan fingerprint density at radius 2 is 1.78 bits per heavy atom. The molecule has 0 aliphatic heterocycles. The molecule has 0 saturated carbocycles. The van der Waals surface area contributed by atoms with Crippen LogP contribution in [0, 0.1) is 13.8 Å². The molecule has 23 heavy (non-hydrogen) atoms. The van der Waals surface area contributed by atoms with Gasteiger partial charge >= 0.3 is 0 Å². The van der Waals surface area contributed by atoms with E-state index < -0.39 is 0 Å². The number of hydrogen-bond acceptors (Lipinski definition) is 3. The summed E-state index contributed by atoms with van der Waals surface area (Å²) in [5.74, 6) is 1.05. The molecule has 1 aromatic carbocycles. The molecule has 0 atom stereocenters. The maximum Gasteiger partial charge on any atom is 0.165 e. The molecule has 120 valence electrons. The zero-order valence-electron chi connectivity index (χ0n) is 14.0. The largest absolute Gasteiger partial charge is 0.396 e. The van der Waals surface area contributed by atoms with Gasteiger partial charge in [-0.15, -0.1) is 0 Å². The van der Waals surface area contributed by atoms with Gasteiger partial charge in [0, 0.05) is 24.4 Å². The van der Waals surface area contributed by atoms with Crippen molar-refractivity contribution in [3.05, 3.63) is 53.0 Å². The Labute approximate surface area is 136 Å². The monoisotopic (exact) mass is 309 g/mol. The summed E-state index contributed by atoms with van der Waals surface area (Å²) in [4.78, 5) is 9.57. The Hall–Kier alpha value is -2.20. The number of aliphatic hydroxyl groups excluding tert-OH is 1. The average molecular weight is 309 g/mol. The number of aryl methyl sites for hydroxylation is 3. The molecule has 3 rings (SSSR count). The first-order valence-electron chi connectivity index (χ1n) is 8.19. The van der Waals surface area contributed by atoms with E-state index in [0.717, 1.165) is 46.8 Å². The van der Waals surface area contributed by atoms with Gasteiger partial charge in [-0.1, -0.05) is 19.1 Å². The van der Waals surface area contributed by atoms with E-state index in [1.165, 1.54) is 5.56 Å². The molecule has 0 aliphatic carbocycles. The van der Waals surface area contributed by atoms with Crippen LogP contribution in [-0.4, -0.2) is 26.2 Å². The summed E-state index contributed by atoms with van der Waals surface area (Å²) in [6.45, 7) is 6.45. The first-order valence-corrected chi connectivity index (χ1v) is 8.19. The average Bonchev–Trinajstić information content (AvgIpc) is 2.87. The zero-order valence-corrected chi connectivity index (χ0v) is 14.0. The molecule has 0 amide bonds. The fourth-order valence-electron chi connectivity index (χ4n) is 3.01. The van der Waals surface area contributed by atoms with Crippen LogP contribution in [0.1, 0.15) is 36.0 Å². The van der Waals surface area contributed by atoms with Gasteiger partial charge in [0.1, 0.15) is 11.3 Å². The van der Waals surface area contributed by atoms with Crippen molar-refractivity contribution in [3.63, 3.8) is 0 Å². The Morgan fingerprint density at radius 1 is 1.04 bits per heavy atom. The van der Waals surface area contributed by atoms with Crippen molar-refractivity contribution in [1.82, 2.24) is 14.5 Å². The number of pyridine rings is 1. The Kier molecular flexibility index (Phi) is 4.44. The lowest BCUT2D eigenvalue weighted by molar-refractivity contribution is 0.299. The smallest absolute Gasteiger partial charge is 0.165 e. The van der Waals surface area contributed by atoms with E-state index in [-0.39, 0.29) is 6.61 Å². The predicted octanol–water partition coefficient (Wildman–Crippen LogP) is 3.52. The molecule has 3 aromatic rings. The summed E-state index contributed by atoms with van der Waals surface area (Å²) in [6.07, 6.45) is 2.65. The van der Waals surface area contributed by atoms with E-state index in [9.17, 15) is 0 Å². The quantitative estimate of drug-likeness (QED) is 0.784. The lowest BCUT2D eigenvalue weighted by Crippen LogP contribution is -2.03. The minimum absolute atomic E-state index is 0.175. The third kappa shape index (κ3) is 2.99. The molecular formula is C19H23N3O. The normalized spacial score (nSPS) is 11.3. The predicted molar refractivity (Wildman–Crippen MR) is 93.1 cm³/mol. The molecule has 0 spiro atoms. The van der Waals surface area contributed by atoms with E-state index >= 15 is 0 Å². The first kappa shape index (κ1) is 15.7. The second-order valence-corrected chi connectivity index (χ2v) is 6.01. The standard InChI is InChI=1S/C19H23N3O/c1-4-5-17-21-18-13(2)12-14(3)20-19(18)22(17)16-8-6-15(7-9-16)10-11-23/h6-9,12,23H,4-5,10-11H2,1-3H3. The van der Waals surface area contributed by atoms with E-state index in [1.54, 1.807) is 0 Å². The van der Waals surface area contributed by atoms with Crippen LogP contribution in [0.5, 0.6) is 0 Å². The SMILES string of the molecule is CCCc1nc2c(C)cc(C)nc2n1-c1ccc(CCO)cc1. The van der Waals surface area contributed by atoms with Crippen LogP contribution in [0.4, 0.5) is 0 Å². The van der Waals surface area contributed by atoms with Gasteiger partial charge in [0.15, 0.2) is 5.65 Å². The van der Waals surface area contributed by atoms with Crippen molar-refractivity contribution >= 4 is 11.2 Å². The number of nitrogens with zero attached hydrogens (tertiary/aromatic N) is 3. The van der Waals surface area contributed by atoms with Crippen molar-refractivity contribution in [2.24, 2.45) is 0 Å². The fraction of sp³-hybridized carbons (Fsp3) is 0.368. The van der Waals surface area contributed by atoms with Crippen LogP contribution in [0.2, 0.25) is 0 Å². The minimum atomic E-state index is 0.175. The Bertz CT molecular complexity index is 819. The number of hydrogen-bond donors (Lipinski definition) is 1. The highest BCUT2D eigenvalue weighted by atomic mass is 16.2. The maximum absolute atomic E-state index is 9.06.